The van der Waals surface area contributed by atoms with Gasteiger partial charge in [0.25, 0.3) is 0 Å². The Kier molecular flexibility index (Phi) is 8.68. The van der Waals surface area contributed by atoms with E-state index in [1.807, 2.05) is 28.1 Å². The van der Waals surface area contributed by atoms with E-state index >= 15 is 0 Å². The smallest absolute Gasteiger partial charge is 0.314 e. The third-order valence-corrected chi connectivity index (χ3v) is 6.72. The van der Waals surface area contributed by atoms with Crippen LogP contribution in [0.5, 0.6) is 5.75 Å². The third kappa shape index (κ3) is 6.28. The predicted molar refractivity (Wildman–Crippen MR) is 134 cm³/mol. The Hall–Kier alpha value is -3.28. The summed E-state index contributed by atoms with van der Waals surface area (Å²) in [6, 6.07) is 9.03. The molecule has 0 spiro atoms. The molecule has 0 atom stereocenters. The van der Waals surface area contributed by atoms with Crippen LogP contribution >= 0.6 is 11.3 Å². The van der Waals surface area contributed by atoms with E-state index in [4.69, 9.17) is 9.47 Å². The van der Waals surface area contributed by atoms with Crippen LogP contribution in [-0.2, 0) is 17.8 Å². The maximum atomic E-state index is 14.3. The number of halogens is 2. The summed E-state index contributed by atoms with van der Waals surface area (Å²) in [5, 5.41) is 7.21. The molecule has 2 amide bonds. The highest BCUT2D eigenvalue weighted by atomic mass is 32.1. The molecule has 2 aromatic carbocycles. The van der Waals surface area contributed by atoms with Gasteiger partial charge in [-0.05, 0) is 18.2 Å². The monoisotopic (exact) mass is 517 g/mol. The van der Waals surface area contributed by atoms with Crippen molar-refractivity contribution in [3.05, 3.63) is 63.8 Å². The number of aromatic nitrogens is 1. The highest BCUT2D eigenvalue weighted by Crippen LogP contribution is 2.29. The van der Waals surface area contributed by atoms with Gasteiger partial charge in [0.05, 0.1) is 26.0 Å². The molecule has 0 saturated carbocycles. The van der Waals surface area contributed by atoms with Gasteiger partial charge in [-0.15, -0.1) is 11.3 Å². The summed E-state index contributed by atoms with van der Waals surface area (Å²) in [5.41, 5.74) is 2.85. The van der Waals surface area contributed by atoms with E-state index in [9.17, 15) is 13.6 Å². The van der Waals surface area contributed by atoms with Gasteiger partial charge in [-0.2, -0.15) is 0 Å². The van der Waals surface area contributed by atoms with Crippen molar-refractivity contribution in [3.8, 4) is 17.0 Å². The summed E-state index contributed by atoms with van der Waals surface area (Å²) in [6.07, 6.45) is 0. The Labute approximate surface area is 212 Å². The van der Waals surface area contributed by atoms with Crippen molar-refractivity contribution < 1.29 is 23.0 Å². The average Bonchev–Trinajstić information content (AvgIpc) is 3.28. The van der Waals surface area contributed by atoms with Crippen LogP contribution in [0.1, 0.15) is 5.56 Å². The van der Waals surface area contributed by atoms with Crippen molar-refractivity contribution in [2.45, 2.75) is 13.1 Å². The number of ether oxygens (including phenoxy) is 2. The Bertz CT molecular complexity index is 1270. The van der Waals surface area contributed by atoms with Crippen molar-refractivity contribution in [2.75, 3.05) is 47.0 Å². The van der Waals surface area contributed by atoms with E-state index in [2.05, 4.69) is 20.5 Å². The van der Waals surface area contributed by atoms with Crippen LogP contribution in [0, 0.1) is 11.6 Å². The van der Waals surface area contributed by atoms with Crippen molar-refractivity contribution in [2.24, 2.45) is 4.99 Å². The molecule has 36 heavy (non-hydrogen) atoms. The van der Waals surface area contributed by atoms with Crippen LogP contribution < -0.4 is 20.2 Å². The van der Waals surface area contributed by atoms with Gasteiger partial charge < -0.3 is 24.7 Å². The summed E-state index contributed by atoms with van der Waals surface area (Å²) in [7, 11) is 3.19. The number of urea groups is 1. The van der Waals surface area contributed by atoms with Gasteiger partial charge in [-0.1, -0.05) is 12.1 Å². The van der Waals surface area contributed by atoms with Gasteiger partial charge in [0.2, 0.25) is 0 Å². The van der Waals surface area contributed by atoms with Crippen LogP contribution in [0.2, 0.25) is 0 Å². The molecule has 4 rings (SSSR count). The number of hydrogen-bond donors (Lipinski definition) is 2. The van der Waals surface area contributed by atoms with Crippen LogP contribution in [0.25, 0.3) is 11.3 Å². The fourth-order valence-electron chi connectivity index (χ4n) is 3.94. The number of methoxy groups -OCH3 is 1. The summed E-state index contributed by atoms with van der Waals surface area (Å²) in [5.74, 6) is -0.636. The largest absolute Gasteiger partial charge is 0.496 e. The minimum Gasteiger partial charge on any atom is -0.496 e. The highest BCUT2D eigenvalue weighted by molar-refractivity contribution is 7.07. The zero-order valence-electron chi connectivity index (χ0n) is 20.2. The molecule has 11 heteroatoms. The molecule has 192 valence electrons. The quantitative estimate of drug-likeness (QED) is 0.480. The van der Waals surface area contributed by atoms with Crippen LogP contribution in [0.3, 0.4) is 0 Å². The molecule has 0 radical (unpaired) electrons. The van der Waals surface area contributed by atoms with Gasteiger partial charge in [-0.25, -0.2) is 18.6 Å². The molecule has 0 aliphatic carbocycles. The number of carbonyl (C=O) groups is 1. The zero-order chi connectivity index (χ0) is 25.5. The number of thiazole rings is 1. The fraction of sp³-hybridized carbons (Fsp3) is 0.360. The lowest BCUT2D eigenvalue weighted by Crippen LogP contribution is -2.36. The van der Waals surface area contributed by atoms with Gasteiger partial charge in [-0.3, -0.25) is 4.90 Å². The zero-order valence-corrected chi connectivity index (χ0v) is 21.0. The molecule has 1 aromatic heterocycles. The van der Waals surface area contributed by atoms with Gasteiger partial charge in [0.15, 0.2) is 10.6 Å². The molecular formula is C25H29F2N5O3S. The Morgan fingerprint density at radius 3 is 2.72 bits per heavy atom. The number of rotatable bonds is 8. The van der Waals surface area contributed by atoms with Gasteiger partial charge in [0.1, 0.15) is 17.3 Å². The molecule has 2 heterocycles. The molecule has 0 bridgehead atoms. The number of hydrogen-bond acceptors (Lipinski definition) is 6. The number of benzene rings is 2. The number of nitrogens with one attached hydrogen (secondary N) is 2. The first-order chi connectivity index (χ1) is 17.5. The maximum Gasteiger partial charge on any atom is 0.314 e. The number of carbonyl (C=O) groups excluding carboxylic acids is 1. The van der Waals surface area contributed by atoms with E-state index in [-0.39, 0.29) is 11.7 Å². The average molecular weight is 518 g/mol. The van der Waals surface area contributed by atoms with Crippen LogP contribution in [-0.4, -0.2) is 62.5 Å². The molecule has 8 nitrogen and oxygen atoms in total. The minimum atomic E-state index is -0.742. The fourth-order valence-corrected chi connectivity index (χ4v) is 4.89. The van der Waals surface area contributed by atoms with Crippen LogP contribution in [0.4, 0.5) is 19.3 Å². The van der Waals surface area contributed by atoms with Gasteiger partial charge in [0, 0.05) is 62.3 Å². The molecule has 1 aliphatic heterocycles. The number of nitrogens with zero attached hydrogens (tertiary/aromatic N) is 3. The van der Waals surface area contributed by atoms with Crippen LogP contribution in [0.15, 0.2) is 46.8 Å². The van der Waals surface area contributed by atoms with Crippen molar-refractivity contribution >= 4 is 23.1 Å². The Balaban J connectivity index is 1.69. The second-order valence-corrected chi connectivity index (χ2v) is 9.02. The SMILES string of the molecule is CNC(=O)NCCn1c(-c2ccc(CN3CCOCC3)c(OC)c2)csc1=Nc1ccc(F)cc1F. The van der Waals surface area contributed by atoms with E-state index in [0.29, 0.717) is 17.9 Å². The molecule has 1 aliphatic rings. The topological polar surface area (TPSA) is 80.1 Å². The normalized spacial score (nSPS) is 14.6. The van der Waals surface area contributed by atoms with E-state index in [1.54, 1.807) is 14.2 Å². The van der Waals surface area contributed by atoms with E-state index in [0.717, 1.165) is 61.5 Å². The lowest BCUT2D eigenvalue weighted by Gasteiger charge is -2.27. The van der Waals surface area contributed by atoms with Gasteiger partial charge >= 0.3 is 6.03 Å². The molecule has 0 unspecified atom stereocenters. The van der Waals surface area contributed by atoms with Crippen molar-refractivity contribution in [1.29, 1.82) is 0 Å². The van der Waals surface area contributed by atoms with E-state index in [1.165, 1.54) is 23.5 Å². The third-order valence-electron chi connectivity index (χ3n) is 5.85. The van der Waals surface area contributed by atoms with E-state index < -0.39 is 11.6 Å². The Morgan fingerprint density at radius 1 is 1.19 bits per heavy atom. The first kappa shape index (κ1) is 25.8. The van der Waals surface area contributed by atoms with Crippen molar-refractivity contribution in [1.82, 2.24) is 20.1 Å². The molecule has 3 aromatic rings. The number of morpholine rings is 1. The number of amides is 2. The maximum absolute atomic E-state index is 14.3. The lowest BCUT2D eigenvalue weighted by atomic mass is 10.1. The standard InChI is InChI=1S/C25H29F2N5O3S/c1-28-24(33)29-7-8-32-22(16-36-25(32)30-21-6-5-19(26)14-20(21)27)17-3-4-18(23(13-17)34-2)15-31-9-11-35-12-10-31/h3-6,13-14,16H,7-12,15H2,1-2H3,(H2,28,29,33). The summed E-state index contributed by atoms with van der Waals surface area (Å²) in [4.78, 5) is 19.0. The molecule has 1 saturated heterocycles. The summed E-state index contributed by atoms with van der Waals surface area (Å²) < 4.78 is 40.7. The Morgan fingerprint density at radius 2 is 2.00 bits per heavy atom. The second kappa shape index (κ2) is 12.1. The minimum absolute atomic E-state index is 0.0382. The molecular weight excluding hydrogens is 488 g/mol. The highest BCUT2D eigenvalue weighted by Gasteiger charge is 2.16. The van der Waals surface area contributed by atoms with Crippen molar-refractivity contribution in [3.63, 3.8) is 0 Å². The molecule has 1 fully saturated rings. The second-order valence-electron chi connectivity index (χ2n) is 8.18. The summed E-state index contributed by atoms with van der Waals surface area (Å²) >= 11 is 1.33. The summed E-state index contributed by atoms with van der Waals surface area (Å²) in [6.45, 7) is 4.68. The first-order valence-corrected chi connectivity index (χ1v) is 12.5. The molecule has 2 N–H and O–H groups in total. The predicted octanol–water partition coefficient (Wildman–Crippen LogP) is 3.50. The first-order valence-electron chi connectivity index (χ1n) is 11.6. The lowest BCUT2D eigenvalue weighted by molar-refractivity contribution is 0.0339.